The van der Waals surface area contributed by atoms with Crippen molar-refractivity contribution in [3.8, 4) is 0 Å². The van der Waals surface area contributed by atoms with E-state index in [1.807, 2.05) is 30.3 Å². The number of carbonyl (C=O) groups is 1. The van der Waals surface area contributed by atoms with Crippen LogP contribution in [0, 0.1) is 6.07 Å². The van der Waals surface area contributed by atoms with Crippen LogP contribution in [0.5, 0.6) is 0 Å². The van der Waals surface area contributed by atoms with E-state index >= 15 is 0 Å². The molecule has 2 aromatic carbocycles. The Labute approximate surface area is 132 Å². The minimum absolute atomic E-state index is 0. The van der Waals surface area contributed by atoms with E-state index in [0.717, 1.165) is 10.8 Å². The molecule has 2 aromatic rings. The number of hydrogen-bond donors (Lipinski definition) is 0. The van der Waals surface area contributed by atoms with Crippen molar-refractivity contribution in [2.24, 2.45) is 0 Å². The number of nitrogens with zero attached hydrogens (tertiary/aromatic N) is 1. The Balaban J connectivity index is 0.00000200. The van der Waals surface area contributed by atoms with Gasteiger partial charge in [0.2, 0.25) is 0 Å². The quantitative estimate of drug-likeness (QED) is 0.433. The van der Waals surface area contributed by atoms with Gasteiger partial charge in [-0.15, -0.1) is 36.7 Å². The van der Waals surface area contributed by atoms with Crippen LogP contribution in [0.25, 0.3) is 10.8 Å². The second-order valence-corrected chi connectivity index (χ2v) is 4.23. The van der Waals surface area contributed by atoms with Crippen LogP contribution in [-0.2, 0) is 0 Å². The molecule has 20 heavy (non-hydrogen) atoms. The number of hydrogen-bond acceptors (Lipinski definition) is 1. The van der Waals surface area contributed by atoms with Gasteiger partial charge >= 0.3 is 18.9 Å². The summed E-state index contributed by atoms with van der Waals surface area (Å²) < 4.78 is 0. The van der Waals surface area contributed by atoms with Gasteiger partial charge in [0, 0.05) is 13.1 Å². The number of benzene rings is 2. The zero-order valence-electron chi connectivity index (χ0n) is 11.8. The normalized spacial score (nSPS) is 9.60. The van der Waals surface area contributed by atoms with Crippen LogP contribution < -0.4 is 18.9 Å². The van der Waals surface area contributed by atoms with Gasteiger partial charge in [-0.2, -0.15) is 0 Å². The van der Waals surface area contributed by atoms with E-state index in [1.54, 1.807) is 23.1 Å². The first kappa shape index (κ1) is 16.3. The minimum Gasteiger partial charge on any atom is -0.372 e. The topological polar surface area (TPSA) is 20.3 Å². The number of fused-ring (bicyclic) bond motifs is 1. The fraction of sp³-hybridized carbons (Fsp3) is 0.118. The van der Waals surface area contributed by atoms with Gasteiger partial charge in [-0.3, -0.25) is 0 Å². The molecule has 0 bridgehead atoms. The van der Waals surface area contributed by atoms with Crippen LogP contribution in [0.3, 0.4) is 0 Å². The smallest absolute Gasteiger partial charge is 0.372 e. The summed E-state index contributed by atoms with van der Waals surface area (Å²) in [5, 5.41) is 1.97. The van der Waals surface area contributed by atoms with Gasteiger partial charge in [0.05, 0.1) is 0 Å². The molecule has 2 rings (SSSR count). The Morgan fingerprint density at radius 3 is 2.45 bits per heavy atom. The van der Waals surface area contributed by atoms with Gasteiger partial charge in [0.25, 0.3) is 0 Å². The van der Waals surface area contributed by atoms with E-state index in [4.69, 9.17) is 0 Å². The molecule has 1 amide bonds. The Hall–Kier alpha value is -1.75. The molecule has 2 nitrogen and oxygen atoms in total. The fourth-order valence-corrected chi connectivity index (χ4v) is 2.05. The third-order valence-electron chi connectivity index (χ3n) is 2.92. The zero-order chi connectivity index (χ0) is 13.7. The molecular formula is C17H16LiNO. The average Bonchev–Trinajstić information content (AvgIpc) is 2.46. The summed E-state index contributed by atoms with van der Waals surface area (Å²) in [4.78, 5) is 14.2. The van der Waals surface area contributed by atoms with Crippen LogP contribution in [0.4, 0.5) is 0 Å². The summed E-state index contributed by atoms with van der Waals surface area (Å²) in [6.45, 7) is 8.37. The fourth-order valence-electron chi connectivity index (χ4n) is 2.05. The molecule has 0 spiro atoms. The van der Waals surface area contributed by atoms with Gasteiger partial charge in [-0.1, -0.05) is 47.4 Å². The molecule has 0 aliphatic heterocycles. The monoisotopic (exact) mass is 257 g/mol. The molecule has 0 aliphatic rings. The summed E-state index contributed by atoms with van der Waals surface area (Å²) in [6.07, 6.45) is 3.43. The van der Waals surface area contributed by atoms with Crippen molar-refractivity contribution in [3.05, 3.63) is 73.3 Å². The van der Waals surface area contributed by atoms with Gasteiger partial charge < -0.3 is 9.69 Å². The molecule has 3 heteroatoms. The van der Waals surface area contributed by atoms with Crippen molar-refractivity contribution < 1.29 is 23.7 Å². The summed E-state index contributed by atoms with van der Waals surface area (Å²) in [5.41, 5.74) is 0.599. The summed E-state index contributed by atoms with van der Waals surface area (Å²) in [5.74, 6) is -0.0448. The Bertz CT molecular complexity index is 606. The maximum absolute atomic E-state index is 12.5. The van der Waals surface area contributed by atoms with Crippen LogP contribution in [0.15, 0.2) is 61.7 Å². The van der Waals surface area contributed by atoms with Gasteiger partial charge in [0.1, 0.15) is 0 Å². The van der Waals surface area contributed by atoms with Gasteiger partial charge in [-0.25, -0.2) is 0 Å². The number of carbonyl (C=O) groups excluding carboxylic acids is 1. The van der Waals surface area contributed by atoms with Crippen molar-refractivity contribution in [1.82, 2.24) is 4.90 Å². The van der Waals surface area contributed by atoms with E-state index in [1.165, 1.54) is 0 Å². The minimum atomic E-state index is -0.0448. The van der Waals surface area contributed by atoms with Crippen molar-refractivity contribution in [3.63, 3.8) is 0 Å². The van der Waals surface area contributed by atoms with Crippen molar-refractivity contribution >= 4 is 16.7 Å². The second kappa shape index (κ2) is 7.74. The molecule has 0 saturated heterocycles. The molecule has 0 heterocycles. The van der Waals surface area contributed by atoms with Crippen molar-refractivity contribution in [2.45, 2.75) is 0 Å². The van der Waals surface area contributed by atoms with E-state index in [2.05, 4.69) is 19.2 Å². The molecule has 0 atom stereocenters. The van der Waals surface area contributed by atoms with Gasteiger partial charge in [0.15, 0.2) is 5.91 Å². The van der Waals surface area contributed by atoms with E-state index in [9.17, 15) is 4.79 Å². The van der Waals surface area contributed by atoms with E-state index < -0.39 is 0 Å². The average molecular weight is 257 g/mol. The van der Waals surface area contributed by atoms with Crippen LogP contribution >= 0.6 is 0 Å². The van der Waals surface area contributed by atoms with Gasteiger partial charge in [-0.05, 0) is 0 Å². The van der Waals surface area contributed by atoms with Crippen LogP contribution in [0.2, 0.25) is 0 Å². The molecule has 0 aliphatic carbocycles. The van der Waals surface area contributed by atoms with Crippen LogP contribution in [-0.4, -0.2) is 23.9 Å². The summed E-state index contributed by atoms with van der Waals surface area (Å²) >= 11 is 0. The first-order valence-electron chi connectivity index (χ1n) is 6.18. The molecule has 0 radical (unpaired) electrons. The molecule has 0 aromatic heterocycles. The Kier molecular flexibility index (Phi) is 6.31. The largest absolute Gasteiger partial charge is 1.00 e. The van der Waals surface area contributed by atoms with Crippen molar-refractivity contribution in [2.75, 3.05) is 13.1 Å². The number of rotatable bonds is 5. The summed E-state index contributed by atoms with van der Waals surface area (Å²) in [7, 11) is 0. The van der Waals surface area contributed by atoms with Crippen molar-refractivity contribution in [1.29, 1.82) is 0 Å². The Morgan fingerprint density at radius 1 is 1.15 bits per heavy atom. The third kappa shape index (κ3) is 3.42. The summed E-state index contributed by atoms with van der Waals surface area (Å²) in [6, 6.07) is 14.6. The molecule has 96 valence electrons. The molecule has 0 fully saturated rings. The standard InChI is InChI=1S/C17H16NO.Li/c1-3-12-18(13-4-2)17(19)16-11-7-9-14-8-5-6-10-15(14)16;/h3-10H,1-2,12-13H2;/q-1;+1. The molecular weight excluding hydrogens is 241 g/mol. The molecule has 0 N–H and O–H groups in total. The first-order chi connectivity index (χ1) is 9.27. The molecule has 0 unspecified atom stereocenters. The first-order valence-corrected chi connectivity index (χ1v) is 6.18. The third-order valence-corrected chi connectivity index (χ3v) is 2.92. The van der Waals surface area contributed by atoms with Crippen LogP contribution in [0.1, 0.15) is 10.4 Å². The predicted octanol–water partition coefficient (Wildman–Crippen LogP) is 0.458. The number of amides is 1. The maximum Gasteiger partial charge on any atom is 1.00 e. The van der Waals surface area contributed by atoms with E-state index in [-0.39, 0.29) is 24.8 Å². The maximum atomic E-state index is 12.5. The van der Waals surface area contributed by atoms with E-state index in [0.29, 0.717) is 18.7 Å². The SMILES string of the molecule is C=CCN(CC=C)C(=O)c1[c-]ccc2ccccc12.[Li+]. The Morgan fingerprint density at radius 2 is 1.80 bits per heavy atom. The second-order valence-electron chi connectivity index (χ2n) is 4.23. The predicted molar refractivity (Wildman–Crippen MR) is 79.1 cm³/mol. The zero-order valence-corrected chi connectivity index (χ0v) is 11.8. The molecule has 0 saturated carbocycles.